The van der Waals surface area contributed by atoms with Crippen LogP contribution in [0, 0.1) is 5.92 Å². The highest BCUT2D eigenvalue weighted by Gasteiger charge is 2.23. The Labute approximate surface area is 131 Å². The number of piperidine rings is 1. The predicted octanol–water partition coefficient (Wildman–Crippen LogP) is 2.85. The van der Waals surface area contributed by atoms with Crippen LogP contribution in [0.3, 0.4) is 0 Å². The molecule has 0 radical (unpaired) electrons. The molecule has 1 unspecified atom stereocenters. The summed E-state index contributed by atoms with van der Waals surface area (Å²) in [7, 11) is 1.78. The standard InChI is InChI=1S/C16H24ClN3O/c1-21-11-12-3-2-6-20(10-12)16-7-13(15(17)9-19-16)8-18-14-4-5-14/h7,9,12,14,18H,2-6,8,10-11H2,1H3. The fraction of sp³-hybridized carbons (Fsp3) is 0.688. The number of aromatic nitrogens is 1. The molecule has 1 aliphatic carbocycles. The van der Waals surface area contributed by atoms with Gasteiger partial charge in [-0.05, 0) is 43.2 Å². The predicted molar refractivity (Wildman–Crippen MR) is 85.9 cm³/mol. The van der Waals surface area contributed by atoms with Gasteiger partial charge in [-0.25, -0.2) is 4.98 Å². The van der Waals surface area contributed by atoms with Gasteiger partial charge >= 0.3 is 0 Å². The fourth-order valence-corrected chi connectivity index (χ4v) is 3.13. The van der Waals surface area contributed by atoms with Crippen LogP contribution in [0.15, 0.2) is 12.3 Å². The first-order chi connectivity index (χ1) is 10.3. The lowest BCUT2D eigenvalue weighted by Crippen LogP contribution is -2.37. The van der Waals surface area contributed by atoms with Gasteiger partial charge in [0.1, 0.15) is 5.82 Å². The van der Waals surface area contributed by atoms with Gasteiger partial charge < -0.3 is 15.0 Å². The number of nitrogens with one attached hydrogen (secondary N) is 1. The van der Waals surface area contributed by atoms with Gasteiger partial charge in [-0.15, -0.1) is 0 Å². The van der Waals surface area contributed by atoms with Crippen LogP contribution < -0.4 is 10.2 Å². The van der Waals surface area contributed by atoms with Crippen LogP contribution in [0.5, 0.6) is 0 Å². The number of hydrogen-bond donors (Lipinski definition) is 1. The molecule has 1 aromatic rings. The zero-order chi connectivity index (χ0) is 14.7. The maximum atomic E-state index is 6.28. The molecule has 3 rings (SSSR count). The molecule has 1 aromatic heterocycles. The summed E-state index contributed by atoms with van der Waals surface area (Å²) in [5.41, 5.74) is 1.16. The number of ether oxygens (including phenoxy) is 1. The quantitative estimate of drug-likeness (QED) is 0.877. The second kappa shape index (κ2) is 6.95. The number of pyridine rings is 1. The van der Waals surface area contributed by atoms with Gasteiger partial charge in [0.25, 0.3) is 0 Å². The molecule has 0 spiro atoms. The third-order valence-corrected chi connectivity index (χ3v) is 4.66. The highest BCUT2D eigenvalue weighted by atomic mass is 35.5. The van der Waals surface area contributed by atoms with E-state index in [1.807, 2.05) is 0 Å². The number of hydrogen-bond acceptors (Lipinski definition) is 4. The first kappa shape index (κ1) is 15.1. The molecule has 1 saturated heterocycles. The van der Waals surface area contributed by atoms with E-state index in [0.717, 1.165) is 42.6 Å². The minimum Gasteiger partial charge on any atom is -0.384 e. The molecule has 0 amide bonds. The highest BCUT2D eigenvalue weighted by molar-refractivity contribution is 6.31. The maximum absolute atomic E-state index is 6.28. The van der Waals surface area contributed by atoms with Crippen molar-refractivity contribution in [2.75, 3.05) is 31.7 Å². The Bertz CT molecular complexity index is 477. The lowest BCUT2D eigenvalue weighted by Gasteiger charge is -2.33. The molecule has 0 aromatic carbocycles. The fourth-order valence-electron chi connectivity index (χ4n) is 2.96. The number of methoxy groups -OCH3 is 1. The molecule has 116 valence electrons. The van der Waals surface area contributed by atoms with E-state index in [1.54, 1.807) is 13.3 Å². The Kier molecular flexibility index (Phi) is 4.99. The Hall–Kier alpha value is -0.840. The molecule has 1 aliphatic heterocycles. The van der Waals surface area contributed by atoms with Crippen LogP contribution in [0.2, 0.25) is 5.02 Å². The van der Waals surface area contributed by atoms with Gasteiger partial charge in [-0.1, -0.05) is 11.6 Å². The van der Waals surface area contributed by atoms with Crippen LogP contribution in [-0.2, 0) is 11.3 Å². The third-order valence-electron chi connectivity index (χ3n) is 4.32. The van der Waals surface area contributed by atoms with Crippen molar-refractivity contribution in [1.82, 2.24) is 10.3 Å². The second-order valence-electron chi connectivity index (χ2n) is 6.20. The van der Waals surface area contributed by atoms with Crippen molar-refractivity contribution in [3.8, 4) is 0 Å². The normalized spacial score (nSPS) is 22.6. The molecule has 2 aliphatic rings. The highest BCUT2D eigenvalue weighted by Crippen LogP contribution is 2.26. The largest absolute Gasteiger partial charge is 0.384 e. The average molecular weight is 310 g/mol. The first-order valence-electron chi connectivity index (χ1n) is 7.88. The van der Waals surface area contributed by atoms with Crippen molar-refractivity contribution in [2.45, 2.75) is 38.3 Å². The summed E-state index contributed by atoms with van der Waals surface area (Å²) in [5, 5.41) is 4.28. The van der Waals surface area contributed by atoms with Gasteiger partial charge in [0.05, 0.1) is 11.6 Å². The first-order valence-corrected chi connectivity index (χ1v) is 8.25. The number of halogens is 1. The Morgan fingerprint density at radius 1 is 1.43 bits per heavy atom. The van der Waals surface area contributed by atoms with Gasteiger partial charge in [0.15, 0.2) is 0 Å². The monoisotopic (exact) mass is 309 g/mol. The summed E-state index contributed by atoms with van der Waals surface area (Å²) in [6.07, 6.45) is 6.82. The summed E-state index contributed by atoms with van der Waals surface area (Å²) in [6, 6.07) is 2.84. The molecule has 4 nitrogen and oxygen atoms in total. The summed E-state index contributed by atoms with van der Waals surface area (Å²) >= 11 is 6.28. The van der Waals surface area contributed by atoms with Gasteiger partial charge in [0, 0.05) is 39.0 Å². The van der Waals surface area contributed by atoms with E-state index in [0.29, 0.717) is 12.0 Å². The van der Waals surface area contributed by atoms with Crippen molar-refractivity contribution >= 4 is 17.4 Å². The molecular weight excluding hydrogens is 286 g/mol. The molecule has 5 heteroatoms. The van der Waals surface area contributed by atoms with Crippen LogP contribution in [0.4, 0.5) is 5.82 Å². The molecule has 0 bridgehead atoms. The van der Waals surface area contributed by atoms with Crippen LogP contribution >= 0.6 is 11.6 Å². The van der Waals surface area contributed by atoms with E-state index in [4.69, 9.17) is 16.3 Å². The van der Waals surface area contributed by atoms with E-state index in [-0.39, 0.29) is 0 Å². The van der Waals surface area contributed by atoms with E-state index in [1.165, 1.54) is 25.7 Å². The Balaban J connectivity index is 1.67. The summed E-state index contributed by atoms with van der Waals surface area (Å²) < 4.78 is 5.30. The van der Waals surface area contributed by atoms with Crippen molar-refractivity contribution < 1.29 is 4.74 Å². The lowest BCUT2D eigenvalue weighted by atomic mass is 9.99. The summed E-state index contributed by atoms with van der Waals surface area (Å²) in [4.78, 5) is 6.89. The van der Waals surface area contributed by atoms with E-state index < -0.39 is 0 Å². The summed E-state index contributed by atoms with van der Waals surface area (Å²) in [6.45, 7) is 3.77. The van der Waals surface area contributed by atoms with E-state index >= 15 is 0 Å². The van der Waals surface area contributed by atoms with Crippen LogP contribution in [-0.4, -0.2) is 37.8 Å². The molecule has 2 fully saturated rings. The number of nitrogens with zero attached hydrogens (tertiary/aromatic N) is 2. The molecular formula is C16H24ClN3O. The van der Waals surface area contributed by atoms with Gasteiger partial charge in [-0.3, -0.25) is 0 Å². The van der Waals surface area contributed by atoms with Crippen molar-refractivity contribution in [2.24, 2.45) is 5.92 Å². The van der Waals surface area contributed by atoms with Crippen molar-refractivity contribution in [1.29, 1.82) is 0 Å². The lowest BCUT2D eigenvalue weighted by molar-refractivity contribution is 0.143. The zero-order valence-corrected chi connectivity index (χ0v) is 13.4. The molecule has 1 N–H and O–H groups in total. The van der Waals surface area contributed by atoms with Gasteiger partial charge in [0.2, 0.25) is 0 Å². The topological polar surface area (TPSA) is 37.4 Å². The minimum absolute atomic E-state index is 0.606. The number of anilines is 1. The Morgan fingerprint density at radius 2 is 2.29 bits per heavy atom. The van der Waals surface area contributed by atoms with Crippen molar-refractivity contribution in [3.63, 3.8) is 0 Å². The molecule has 1 saturated carbocycles. The number of rotatable bonds is 6. The molecule has 21 heavy (non-hydrogen) atoms. The van der Waals surface area contributed by atoms with Gasteiger partial charge in [-0.2, -0.15) is 0 Å². The molecule has 1 atom stereocenters. The minimum atomic E-state index is 0.606. The van der Waals surface area contributed by atoms with E-state index in [2.05, 4.69) is 21.3 Å². The average Bonchev–Trinajstić information content (AvgIpc) is 3.31. The zero-order valence-electron chi connectivity index (χ0n) is 12.6. The SMILES string of the molecule is COCC1CCCN(c2cc(CNC3CC3)c(Cl)cn2)C1. The smallest absolute Gasteiger partial charge is 0.128 e. The molecule has 2 heterocycles. The van der Waals surface area contributed by atoms with E-state index in [9.17, 15) is 0 Å². The third kappa shape index (κ3) is 4.09. The van der Waals surface area contributed by atoms with Crippen LogP contribution in [0.1, 0.15) is 31.2 Å². The Morgan fingerprint density at radius 3 is 3.05 bits per heavy atom. The maximum Gasteiger partial charge on any atom is 0.128 e. The second-order valence-corrected chi connectivity index (χ2v) is 6.61. The van der Waals surface area contributed by atoms with Crippen molar-refractivity contribution in [3.05, 3.63) is 22.8 Å². The van der Waals surface area contributed by atoms with Crippen LogP contribution in [0.25, 0.3) is 0 Å². The summed E-state index contributed by atoms with van der Waals surface area (Å²) in [5.74, 6) is 1.65.